The molecule has 1 aliphatic carbocycles. The number of carboxylic acids is 1. The number of aromatic nitrogens is 2. The summed E-state index contributed by atoms with van der Waals surface area (Å²) in [5.41, 5.74) is 2.96. The van der Waals surface area contributed by atoms with E-state index in [1.165, 1.54) is 17.4 Å². The molecule has 0 unspecified atom stereocenters. The number of halogens is 2. The van der Waals surface area contributed by atoms with Gasteiger partial charge in [-0.3, -0.25) is 0 Å². The average molecular weight is 589 g/mol. The van der Waals surface area contributed by atoms with Crippen molar-refractivity contribution in [3.8, 4) is 16.5 Å². The van der Waals surface area contributed by atoms with Gasteiger partial charge in [0, 0.05) is 17.0 Å². The molecule has 4 atom stereocenters. The van der Waals surface area contributed by atoms with Gasteiger partial charge in [-0.1, -0.05) is 45.8 Å². The Hall–Kier alpha value is -2.73. The smallest absolute Gasteiger partial charge is 0.335 e. The summed E-state index contributed by atoms with van der Waals surface area (Å²) in [4.78, 5) is 15.8. The molecule has 0 bridgehead atoms. The normalized spacial score (nSPS) is 24.4. The van der Waals surface area contributed by atoms with E-state index in [0.29, 0.717) is 51.1 Å². The molecule has 39 heavy (non-hydrogen) atoms. The van der Waals surface area contributed by atoms with Crippen molar-refractivity contribution in [1.82, 2.24) is 10.1 Å². The average Bonchev–Trinajstić information content (AvgIpc) is 3.23. The van der Waals surface area contributed by atoms with E-state index >= 15 is 0 Å². The monoisotopic (exact) mass is 588 g/mol. The molecule has 12 heteroatoms. The van der Waals surface area contributed by atoms with E-state index in [-0.39, 0.29) is 36.6 Å². The number of carboxylic acid groups (broad SMARTS) is 1. The van der Waals surface area contributed by atoms with Gasteiger partial charge in [0.2, 0.25) is 0 Å². The first-order chi connectivity index (χ1) is 19.0. The Kier molecular flexibility index (Phi) is 6.49. The lowest BCUT2D eigenvalue weighted by Gasteiger charge is -2.17. The third-order valence-electron chi connectivity index (χ3n) is 7.24. The van der Waals surface area contributed by atoms with Crippen molar-refractivity contribution in [3.05, 3.63) is 63.3 Å². The highest BCUT2D eigenvalue weighted by atomic mass is 35.5. The second-order valence-electron chi connectivity index (χ2n) is 9.81. The van der Waals surface area contributed by atoms with E-state index in [4.69, 9.17) is 46.7 Å². The van der Waals surface area contributed by atoms with Gasteiger partial charge in [0.1, 0.15) is 29.8 Å². The summed E-state index contributed by atoms with van der Waals surface area (Å²) in [6.45, 7) is 0.929. The first kappa shape index (κ1) is 25.3. The Morgan fingerprint density at radius 1 is 1.08 bits per heavy atom. The highest BCUT2D eigenvalue weighted by Gasteiger charge is 2.50. The molecule has 1 N–H and O–H groups in total. The van der Waals surface area contributed by atoms with Crippen LogP contribution in [-0.2, 0) is 20.8 Å². The molecule has 2 aromatic carbocycles. The number of benzene rings is 2. The summed E-state index contributed by atoms with van der Waals surface area (Å²) >= 11 is 14.3. The zero-order valence-electron chi connectivity index (χ0n) is 20.3. The molecule has 4 aromatic rings. The van der Waals surface area contributed by atoms with Crippen molar-refractivity contribution in [1.29, 1.82) is 0 Å². The van der Waals surface area contributed by atoms with Gasteiger partial charge < -0.3 is 28.6 Å². The van der Waals surface area contributed by atoms with E-state index in [1.54, 1.807) is 30.3 Å². The van der Waals surface area contributed by atoms with Crippen molar-refractivity contribution < 1.29 is 33.4 Å². The number of ether oxygens (including phenoxy) is 4. The number of hydrogen-bond donors (Lipinski definition) is 1. The minimum atomic E-state index is -0.984. The largest absolute Gasteiger partial charge is 0.478 e. The lowest BCUT2D eigenvalue weighted by Crippen LogP contribution is -2.35. The third kappa shape index (κ3) is 4.69. The molecule has 2 saturated heterocycles. The van der Waals surface area contributed by atoms with E-state index in [1.807, 2.05) is 0 Å². The SMILES string of the molecule is O=C(O)c1ccc2nc(O[C@@H]3CO[C@H]4[C@@H]3OC[C@@H]4OCc3c(-c4c(Cl)cccc4Cl)noc3C3CC3)sc2c1. The fourth-order valence-electron chi connectivity index (χ4n) is 5.13. The van der Waals surface area contributed by atoms with Gasteiger partial charge in [0.15, 0.2) is 6.10 Å². The summed E-state index contributed by atoms with van der Waals surface area (Å²) < 4.78 is 31.1. The highest BCUT2D eigenvalue weighted by Crippen LogP contribution is 2.46. The molecular weight excluding hydrogens is 567 g/mol. The van der Waals surface area contributed by atoms with Crippen LogP contribution in [0.4, 0.5) is 0 Å². The Bertz CT molecular complexity index is 1550. The van der Waals surface area contributed by atoms with Gasteiger partial charge in [-0.15, -0.1) is 0 Å². The maximum Gasteiger partial charge on any atom is 0.335 e. The molecule has 202 valence electrons. The number of rotatable bonds is 8. The van der Waals surface area contributed by atoms with E-state index < -0.39 is 5.97 Å². The lowest BCUT2D eigenvalue weighted by atomic mass is 10.0. The number of hydrogen-bond acceptors (Lipinski definition) is 9. The summed E-state index contributed by atoms with van der Waals surface area (Å²) in [6.07, 6.45) is 0.784. The van der Waals surface area contributed by atoms with Crippen LogP contribution in [0.2, 0.25) is 10.0 Å². The van der Waals surface area contributed by atoms with Crippen molar-refractivity contribution in [3.63, 3.8) is 0 Å². The van der Waals surface area contributed by atoms with Crippen LogP contribution < -0.4 is 4.74 Å². The zero-order chi connectivity index (χ0) is 26.7. The highest BCUT2D eigenvalue weighted by molar-refractivity contribution is 7.20. The summed E-state index contributed by atoms with van der Waals surface area (Å²) in [5, 5.41) is 15.0. The van der Waals surface area contributed by atoms with Gasteiger partial charge in [0.25, 0.3) is 5.19 Å². The molecule has 0 amide bonds. The molecule has 9 nitrogen and oxygen atoms in total. The van der Waals surface area contributed by atoms with Crippen molar-refractivity contribution in [2.45, 2.75) is 49.8 Å². The third-order valence-corrected chi connectivity index (χ3v) is 8.78. The minimum Gasteiger partial charge on any atom is -0.478 e. The van der Waals surface area contributed by atoms with Crippen LogP contribution in [0.25, 0.3) is 21.5 Å². The number of nitrogens with zero attached hydrogens (tertiary/aromatic N) is 2. The van der Waals surface area contributed by atoms with Crippen LogP contribution in [0, 0.1) is 0 Å². The van der Waals surface area contributed by atoms with Gasteiger partial charge in [-0.05, 0) is 43.2 Å². The number of aromatic carboxylic acids is 1. The molecule has 0 radical (unpaired) electrons. The van der Waals surface area contributed by atoms with Crippen molar-refractivity contribution in [2.24, 2.45) is 0 Å². The van der Waals surface area contributed by atoms with E-state index in [0.717, 1.165) is 28.9 Å². The molecule has 1 saturated carbocycles. The standard InChI is InChI=1S/C27H22Cl2N2O7S/c28-15-2-1-3-16(29)21(15)22-14(23(38-31-22)12-4-5-12)9-34-18-10-35-25-19(11-36-24(18)25)37-27-30-17-7-6-13(26(32)33)8-20(17)39-27/h1-3,6-8,12,18-19,24-25H,4-5,9-11H2,(H,32,33)/t18-,19+,24+,25+/m0/s1. The second kappa shape index (κ2) is 10.0. The summed E-state index contributed by atoms with van der Waals surface area (Å²) in [6, 6.07) is 10.1. The maximum atomic E-state index is 11.3. The molecule has 3 fully saturated rings. The Balaban J connectivity index is 1.05. The summed E-state index contributed by atoms with van der Waals surface area (Å²) in [7, 11) is 0. The van der Waals surface area contributed by atoms with E-state index in [9.17, 15) is 9.90 Å². The fourth-order valence-corrected chi connectivity index (χ4v) is 6.61. The molecule has 7 rings (SSSR count). The quantitative estimate of drug-likeness (QED) is 0.266. The molecule has 2 aromatic heterocycles. The predicted octanol–water partition coefficient (Wildman–Crippen LogP) is 5.96. The van der Waals surface area contributed by atoms with Gasteiger partial charge in [0.05, 0.1) is 45.6 Å². The van der Waals surface area contributed by atoms with Crippen LogP contribution >= 0.6 is 34.5 Å². The van der Waals surface area contributed by atoms with Gasteiger partial charge in [-0.2, -0.15) is 0 Å². The Morgan fingerprint density at radius 2 is 1.82 bits per heavy atom. The topological polar surface area (TPSA) is 113 Å². The number of fused-ring (bicyclic) bond motifs is 2. The zero-order valence-corrected chi connectivity index (χ0v) is 22.7. The molecule has 3 aliphatic rings. The minimum absolute atomic E-state index is 0.207. The van der Waals surface area contributed by atoms with Crippen LogP contribution in [0.1, 0.15) is 40.4 Å². The van der Waals surface area contributed by atoms with Crippen LogP contribution in [0.3, 0.4) is 0 Å². The molecule has 2 aliphatic heterocycles. The van der Waals surface area contributed by atoms with Crippen LogP contribution in [0.5, 0.6) is 5.19 Å². The maximum absolute atomic E-state index is 11.3. The van der Waals surface area contributed by atoms with Gasteiger partial charge >= 0.3 is 5.97 Å². The Labute approximate surface area is 236 Å². The lowest BCUT2D eigenvalue weighted by molar-refractivity contribution is -0.0428. The molecule has 0 spiro atoms. The second-order valence-corrected chi connectivity index (χ2v) is 11.6. The first-order valence-electron chi connectivity index (χ1n) is 12.5. The number of carbonyl (C=O) groups is 1. The summed E-state index contributed by atoms with van der Waals surface area (Å²) in [5.74, 6) is 0.147. The molecule has 4 heterocycles. The fraction of sp³-hybridized carbons (Fsp3) is 0.370. The van der Waals surface area contributed by atoms with Crippen LogP contribution in [-0.4, -0.2) is 58.8 Å². The first-order valence-corrected chi connectivity index (χ1v) is 14.1. The van der Waals surface area contributed by atoms with Crippen molar-refractivity contribution >= 4 is 50.7 Å². The van der Waals surface area contributed by atoms with E-state index in [2.05, 4.69) is 10.1 Å². The predicted molar refractivity (Wildman–Crippen MR) is 143 cm³/mol. The molecular formula is C27H22Cl2N2O7S. The Morgan fingerprint density at radius 3 is 2.56 bits per heavy atom. The van der Waals surface area contributed by atoms with Gasteiger partial charge in [-0.25, -0.2) is 9.78 Å². The van der Waals surface area contributed by atoms with Crippen LogP contribution in [0.15, 0.2) is 40.9 Å². The van der Waals surface area contributed by atoms with Crippen molar-refractivity contribution in [2.75, 3.05) is 13.2 Å². The number of thiazole rings is 1.